The van der Waals surface area contributed by atoms with Crippen molar-refractivity contribution in [1.82, 2.24) is 24.3 Å². The molecule has 0 saturated heterocycles. The predicted molar refractivity (Wildman–Crippen MR) is 134 cm³/mol. The van der Waals surface area contributed by atoms with Crippen LogP contribution in [-0.4, -0.2) is 57.4 Å². The molecule has 1 N–H and O–H groups in total. The third kappa shape index (κ3) is 4.67. The fourth-order valence-electron chi connectivity index (χ4n) is 3.56. The Hall–Kier alpha value is -3.66. The normalized spacial score (nSPS) is 11.5. The van der Waals surface area contributed by atoms with Gasteiger partial charge in [-0.25, -0.2) is 9.97 Å². The van der Waals surface area contributed by atoms with E-state index in [1.807, 2.05) is 73.2 Å². The van der Waals surface area contributed by atoms with Crippen LogP contribution in [0.5, 0.6) is 0 Å². The lowest BCUT2D eigenvalue weighted by molar-refractivity contribution is 0.102. The first-order valence-electron chi connectivity index (χ1n) is 10.9. The number of amides is 1. The van der Waals surface area contributed by atoms with E-state index in [2.05, 4.69) is 25.6 Å². The third-order valence-corrected chi connectivity index (χ3v) is 6.24. The lowest BCUT2D eigenvalue weighted by Crippen LogP contribution is -2.18. The van der Waals surface area contributed by atoms with Crippen molar-refractivity contribution in [3.63, 3.8) is 0 Å². The first-order valence-corrected chi connectivity index (χ1v) is 11.8. The van der Waals surface area contributed by atoms with Crippen LogP contribution in [-0.2, 0) is 11.3 Å². The Morgan fingerprint density at radius 3 is 2.74 bits per heavy atom. The van der Waals surface area contributed by atoms with Crippen LogP contribution in [0.4, 0.5) is 5.69 Å². The fourth-order valence-corrected chi connectivity index (χ4v) is 4.41. The van der Waals surface area contributed by atoms with E-state index >= 15 is 0 Å². The summed E-state index contributed by atoms with van der Waals surface area (Å²) in [6.45, 7) is 2.05. The van der Waals surface area contributed by atoms with Gasteiger partial charge in [0, 0.05) is 23.7 Å². The Morgan fingerprint density at radius 2 is 1.88 bits per heavy atom. The number of imidazole rings is 1. The summed E-state index contributed by atoms with van der Waals surface area (Å²) in [4.78, 5) is 29.5. The lowest BCUT2D eigenvalue weighted by atomic mass is 10.1. The van der Waals surface area contributed by atoms with Crippen LogP contribution in [0.25, 0.3) is 27.3 Å². The Bertz CT molecular complexity index is 1460. The number of ether oxygens (including phenoxy) is 1. The molecule has 0 bridgehead atoms. The summed E-state index contributed by atoms with van der Waals surface area (Å²) in [5.74, 6) is -0.318. The molecule has 5 rings (SSSR count). The highest BCUT2D eigenvalue weighted by molar-refractivity contribution is 7.15. The van der Waals surface area contributed by atoms with Gasteiger partial charge in [-0.1, -0.05) is 30.3 Å². The quantitative estimate of drug-likeness (QED) is 0.338. The molecular weight excluding hydrogens is 448 g/mol. The number of anilines is 1. The highest BCUT2D eigenvalue weighted by atomic mass is 32.1. The topological polar surface area (TPSA) is 84.6 Å². The minimum Gasteiger partial charge on any atom is -0.374 e. The molecule has 8 nitrogen and oxygen atoms in total. The molecule has 0 atom stereocenters. The molecule has 9 heteroatoms. The lowest BCUT2D eigenvalue weighted by Gasteiger charge is -2.10. The molecule has 0 aliphatic heterocycles. The number of hydrogen-bond acceptors (Lipinski definition) is 7. The number of carbonyl (C=O) groups excluding carboxylic acids is 1. The highest BCUT2D eigenvalue weighted by Crippen LogP contribution is 2.30. The van der Waals surface area contributed by atoms with Gasteiger partial charge in [0.2, 0.25) is 0 Å². The average Bonchev–Trinajstić information content (AvgIpc) is 3.43. The van der Waals surface area contributed by atoms with Crippen LogP contribution in [0, 0.1) is 0 Å². The second-order valence-electron chi connectivity index (χ2n) is 8.11. The molecule has 34 heavy (non-hydrogen) atoms. The van der Waals surface area contributed by atoms with Gasteiger partial charge in [0.1, 0.15) is 5.69 Å². The maximum absolute atomic E-state index is 13.0. The number of aromatic nitrogens is 4. The number of para-hydroxylation sites is 3. The number of carbonyl (C=O) groups is 1. The van der Waals surface area contributed by atoms with Gasteiger partial charge < -0.3 is 15.0 Å². The van der Waals surface area contributed by atoms with E-state index in [4.69, 9.17) is 9.72 Å². The Balaban J connectivity index is 1.37. The molecule has 2 aromatic carbocycles. The van der Waals surface area contributed by atoms with Gasteiger partial charge in [0.25, 0.3) is 5.91 Å². The van der Waals surface area contributed by atoms with Crippen molar-refractivity contribution in [1.29, 1.82) is 0 Å². The van der Waals surface area contributed by atoms with Crippen LogP contribution < -0.4 is 5.32 Å². The fraction of sp³-hybridized carbons (Fsp3) is 0.200. The molecule has 0 aliphatic rings. The van der Waals surface area contributed by atoms with E-state index in [0.29, 0.717) is 24.4 Å². The third-order valence-electron chi connectivity index (χ3n) is 5.35. The van der Waals surface area contributed by atoms with Crippen LogP contribution in [0.3, 0.4) is 0 Å². The number of fused-ring (bicyclic) bond motifs is 2. The van der Waals surface area contributed by atoms with Crippen molar-refractivity contribution in [2.45, 2.75) is 6.61 Å². The second-order valence-corrected chi connectivity index (χ2v) is 8.94. The maximum Gasteiger partial charge on any atom is 0.275 e. The van der Waals surface area contributed by atoms with Crippen LogP contribution >= 0.6 is 11.3 Å². The molecule has 3 aromatic heterocycles. The zero-order valence-corrected chi connectivity index (χ0v) is 19.7. The van der Waals surface area contributed by atoms with Crippen LogP contribution in [0.15, 0.2) is 66.3 Å². The average molecular weight is 473 g/mol. The summed E-state index contributed by atoms with van der Waals surface area (Å²) in [6, 6.07) is 15.1. The summed E-state index contributed by atoms with van der Waals surface area (Å²) in [7, 11) is 4.05. The van der Waals surface area contributed by atoms with E-state index in [-0.39, 0.29) is 11.6 Å². The SMILES string of the molecule is CN(C)CCOCc1csc2nc(-c3ccccc3NC(=O)c3cnc4ccccc4n3)cn12. The molecule has 0 saturated carbocycles. The smallest absolute Gasteiger partial charge is 0.275 e. The zero-order chi connectivity index (χ0) is 23.5. The molecule has 0 unspecified atom stereocenters. The highest BCUT2D eigenvalue weighted by Gasteiger charge is 2.16. The van der Waals surface area contributed by atoms with E-state index in [1.165, 1.54) is 6.20 Å². The van der Waals surface area contributed by atoms with Crippen molar-refractivity contribution in [3.8, 4) is 11.3 Å². The van der Waals surface area contributed by atoms with Gasteiger partial charge in [-0.05, 0) is 32.3 Å². The first-order chi connectivity index (χ1) is 16.6. The summed E-state index contributed by atoms with van der Waals surface area (Å²) in [5.41, 5.74) is 5.01. The summed E-state index contributed by atoms with van der Waals surface area (Å²) < 4.78 is 7.86. The number of nitrogens with one attached hydrogen (secondary N) is 1. The molecule has 0 radical (unpaired) electrons. The Morgan fingerprint density at radius 1 is 1.09 bits per heavy atom. The van der Waals surface area contributed by atoms with E-state index in [9.17, 15) is 4.79 Å². The Kier molecular flexibility index (Phi) is 6.31. The van der Waals surface area contributed by atoms with Gasteiger partial charge >= 0.3 is 0 Å². The van der Waals surface area contributed by atoms with Crippen molar-refractivity contribution >= 4 is 38.9 Å². The molecule has 3 heterocycles. The van der Waals surface area contributed by atoms with Gasteiger partial charge in [0.05, 0.1) is 47.5 Å². The van der Waals surface area contributed by atoms with Crippen molar-refractivity contribution < 1.29 is 9.53 Å². The van der Waals surface area contributed by atoms with E-state index in [0.717, 1.165) is 34.0 Å². The molecule has 0 spiro atoms. The number of likely N-dealkylation sites (N-methyl/N-ethyl adjacent to an activating group) is 1. The van der Waals surface area contributed by atoms with Gasteiger partial charge in [0.15, 0.2) is 4.96 Å². The van der Waals surface area contributed by atoms with Crippen LogP contribution in [0.2, 0.25) is 0 Å². The van der Waals surface area contributed by atoms with Crippen LogP contribution in [0.1, 0.15) is 16.2 Å². The standard InChI is InChI=1S/C25H24N6O2S/c1-30(2)11-12-33-15-17-16-34-25-29-23(14-31(17)25)18-7-3-4-8-19(18)28-24(32)22-13-26-20-9-5-6-10-21(20)27-22/h3-10,13-14,16H,11-12,15H2,1-2H3,(H,28,32). The second kappa shape index (κ2) is 9.68. The van der Waals surface area contributed by atoms with E-state index < -0.39 is 0 Å². The van der Waals surface area contributed by atoms with Gasteiger partial charge in [-0.2, -0.15) is 0 Å². The minimum absolute atomic E-state index is 0.261. The summed E-state index contributed by atoms with van der Waals surface area (Å²) >= 11 is 1.57. The van der Waals surface area contributed by atoms with Gasteiger partial charge in [-0.3, -0.25) is 14.2 Å². The van der Waals surface area contributed by atoms with Gasteiger partial charge in [-0.15, -0.1) is 11.3 Å². The predicted octanol–water partition coefficient (Wildman–Crippen LogP) is 4.34. The number of thiazole rings is 1. The molecule has 0 aliphatic carbocycles. The zero-order valence-electron chi connectivity index (χ0n) is 18.9. The monoisotopic (exact) mass is 472 g/mol. The molecule has 1 amide bonds. The summed E-state index contributed by atoms with van der Waals surface area (Å²) in [5, 5.41) is 5.04. The number of hydrogen-bond donors (Lipinski definition) is 1. The number of benzene rings is 2. The van der Waals surface area contributed by atoms with E-state index in [1.54, 1.807) is 11.3 Å². The first kappa shape index (κ1) is 22.1. The summed E-state index contributed by atoms with van der Waals surface area (Å²) in [6.07, 6.45) is 3.48. The van der Waals surface area contributed by atoms with Crippen molar-refractivity contribution in [2.24, 2.45) is 0 Å². The number of rotatable bonds is 8. The van der Waals surface area contributed by atoms with Crippen molar-refractivity contribution in [2.75, 3.05) is 32.6 Å². The maximum atomic E-state index is 13.0. The Labute approximate surface area is 200 Å². The molecule has 5 aromatic rings. The largest absolute Gasteiger partial charge is 0.374 e. The minimum atomic E-state index is -0.318. The molecule has 172 valence electrons. The molecule has 0 fully saturated rings. The number of nitrogens with zero attached hydrogens (tertiary/aromatic N) is 5. The molecular formula is C25H24N6O2S. The van der Waals surface area contributed by atoms with Crippen molar-refractivity contribution in [3.05, 3.63) is 77.7 Å².